The van der Waals surface area contributed by atoms with E-state index in [1.165, 1.54) is 15.9 Å². The minimum absolute atomic E-state index is 0.0709. The van der Waals surface area contributed by atoms with Gasteiger partial charge in [-0.05, 0) is 75.7 Å². The van der Waals surface area contributed by atoms with E-state index in [0.717, 1.165) is 5.56 Å². The van der Waals surface area contributed by atoms with Gasteiger partial charge in [0.1, 0.15) is 11.5 Å². The third-order valence-corrected chi connectivity index (χ3v) is 8.21. The Morgan fingerprint density at radius 3 is 2.60 bits per heavy atom. The second-order valence-electron chi connectivity index (χ2n) is 9.71. The van der Waals surface area contributed by atoms with E-state index in [-0.39, 0.29) is 23.8 Å². The summed E-state index contributed by atoms with van der Waals surface area (Å²) in [4.78, 5) is 32.2. The lowest BCUT2D eigenvalue weighted by Gasteiger charge is -2.25. The number of methoxy groups -OCH3 is 1. The molecule has 0 spiro atoms. The SMILES string of the molecule is CCOC(=O)C1=C(C)N=c2s/c(=C/c3ccc(-c4ccc(Cl)c(Cl)c4)o3)c(=O)n2[C@H]1c1ccc(OC(C)C)c(OC)c1. The van der Waals surface area contributed by atoms with Gasteiger partial charge in [0.25, 0.3) is 5.56 Å². The van der Waals surface area contributed by atoms with Crippen LogP contribution in [-0.4, -0.2) is 30.4 Å². The number of furan rings is 1. The van der Waals surface area contributed by atoms with Crippen molar-refractivity contribution in [1.82, 2.24) is 4.57 Å². The first-order chi connectivity index (χ1) is 20.1. The van der Waals surface area contributed by atoms with Crippen LogP contribution in [0, 0.1) is 0 Å². The van der Waals surface area contributed by atoms with E-state index in [0.29, 0.717) is 53.7 Å². The van der Waals surface area contributed by atoms with E-state index >= 15 is 0 Å². The maximum atomic E-state index is 13.9. The van der Waals surface area contributed by atoms with Crippen LogP contribution in [0.4, 0.5) is 0 Å². The monoisotopic (exact) mass is 626 g/mol. The summed E-state index contributed by atoms with van der Waals surface area (Å²) in [6.45, 7) is 7.48. The molecule has 1 aliphatic rings. The number of carbonyl (C=O) groups is 1. The standard InChI is InChI=1S/C31H28Cl2N2O6S/c1-6-39-30(37)27-17(4)34-31-35(28(27)19-8-11-24(40-16(2)3)25(14-19)38-5)29(36)26(42-31)15-20-9-12-23(41-20)18-7-10-21(32)22(33)13-18/h7-16,28H,6H2,1-5H3/b26-15+/t28-/m0/s1. The summed E-state index contributed by atoms with van der Waals surface area (Å²) in [6.07, 6.45) is 1.59. The van der Waals surface area contributed by atoms with Gasteiger partial charge in [-0.3, -0.25) is 9.36 Å². The van der Waals surface area contributed by atoms with Gasteiger partial charge in [0.15, 0.2) is 16.3 Å². The highest BCUT2D eigenvalue weighted by Gasteiger charge is 2.34. The zero-order valence-electron chi connectivity index (χ0n) is 23.6. The molecule has 2 aromatic carbocycles. The first-order valence-corrected chi connectivity index (χ1v) is 14.8. The molecule has 0 saturated carbocycles. The lowest BCUT2D eigenvalue weighted by molar-refractivity contribution is -0.139. The van der Waals surface area contributed by atoms with E-state index in [1.807, 2.05) is 19.9 Å². The molecular weight excluding hydrogens is 599 g/mol. The molecule has 2 aromatic heterocycles. The molecule has 8 nitrogen and oxygen atoms in total. The van der Waals surface area contributed by atoms with Crippen molar-refractivity contribution in [2.75, 3.05) is 13.7 Å². The Labute approximate surface area is 256 Å². The zero-order valence-corrected chi connectivity index (χ0v) is 25.9. The number of hydrogen-bond acceptors (Lipinski definition) is 8. The maximum Gasteiger partial charge on any atom is 0.338 e. The fourth-order valence-corrected chi connectivity index (χ4v) is 6.00. The number of ether oxygens (including phenoxy) is 3. The van der Waals surface area contributed by atoms with Crippen LogP contribution in [0.3, 0.4) is 0 Å². The van der Waals surface area contributed by atoms with Crippen molar-refractivity contribution in [2.24, 2.45) is 4.99 Å². The number of esters is 1. The predicted octanol–water partition coefficient (Wildman–Crippen LogP) is 6.16. The molecule has 1 aliphatic heterocycles. The fraction of sp³-hybridized carbons (Fsp3) is 0.258. The number of benzene rings is 2. The van der Waals surface area contributed by atoms with Gasteiger partial charge < -0.3 is 18.6 Å². The number of thiazole rings is 1. The molecule has 5 rings (SSSR count). The van der Waals surface area contributed by atoms with E-state index < -0.39 is 12.0 Å². The normalized spacial score (nSPS) is 15.0. The highest BCUT2D eigenvalue weighted by Crippen LogP contribution is 2.36. The first kappa shape index (κ1) is 29.7. The Morgan fingerprint density at radius 2 is 1.90 bits per heavy atom. The third-order valence-electron chi connectivity index (χ3n) is 6.49. The molecular formula is C31H28Cl2N2O6S. The third kappa shape index (κ3) is 5.77. The molecule has 0 saturated heterocycles. The summed E-state index contributed by atoms with van der Waals surface area (Å²) in [5.74, 6) is 1.53. The van der Waals surface area contributed by atoms with Gasteiger partial charge in [0.2, 0.25) is 0 Å². The largest absolute Gasteiger partial charge is 0.493 e. The number of hydrogen-bond donors (Lipinski definition) is 0. The minimum atomic E-state index is -0.798. The topological polar surface area (TPSA) is 92.3 Å². The summed E-state index contributed by atoms with van der Waals surface area (Å²) in [7, 11) is 1.54. The number of allylic oxidation sites excluding steroid dienone is 1. The predicted molar refractivity (Wildman–Crippen MR) is 163 cm³/mol. The van der Waals surface area contributed by atoms with Crippen molar-refractivity contribution in [2.45, 2.75) is 39.8 Å². The van der Waals surface area contributed by atoms with Crippen LogP contribution in [0.1, 0.15) is 45.1 Å². The van der Waals surface area contributed by atoms with Gasteiger partial charge in [-0.2, -0.15) is 0 Å². The molecule has 0 fully saturated rings. The summed E-state index contributed by atoms with van der Waals surface area (Å²) in [5.41, 5.74) is 1.81. The maximum absolute atomic E-state index is 13.9. The lowest BCUT2D eigenvalue weighted by Crippen LogP contribution is -2.40. The fourth-order valence-electron chi connectivity index (χ4n) is 4.68. The number of nitrogens with zero attached hydrogens (tertiary/aromatic N) is 2. The molecule has 4 aromatic rings. The Bertz CT molecular complexity index is 1890. The quantitative estimate of drug-likeness (QED) is 0.217. The van der Waals surface area contributed by atoms with Gasteiger partial charge in [-0.15, -0.1) is 0 Å². The van der Waals surface area contributed by atoms with Gasteiger partial charge in [0, 0.05) is 11.6 Å². The van der Waals surface area contributed by atoms with E-state index in [9.17, 15) is 9.59 Å². The molecule has 218 valence electrons. The van der Waals surface area contributed by atoms with E-state index in [4.69, 9.17) is 41.8 Å². The Hall–Kier alpha value is -3.79. The average molecular weight is 628 g/mol. The number of carbonyl (C=O) groups excluding carboxylic acids is 1. The number of aromatic nitrogens is 1. The van der Waals surface area contributed by atoms with Crippen LogP contribution in [0.5, 0.6) is 11.5 Å². The van der Waals surface area contributed by atoms with Crippen LogP contribution in [0.2, 0.25) is 10.0 Å². The molecule has 42 heavy (non-hydrogen) atoms. The van der Waals surface area contributed by atoms with Crippen molar-refractivity contribution in [3.8, 4) is 22.8 Å². The number of fused-ring (bicyclic) bond motifs is 1. The van der Waals surface area contributed by atoms with Crippen molar-refractivity contribution >= 4 is 46.6 Å². The van der Waals surface area contributed by atoms with Crippen LogP contribution in [0.15, 0.2) is 74.0 Å². The molecule has 11 heteroatoms. The Morgan fingerprint density at radius 1 is 1.12 bits per heavy atom. The van der Waals surface area contributed by atoms with Crippen molar-refractivity contribution in [3.05, 3.63) is 101 Å². The summed E-state index contributed by atoms with van der Waals surface area (Å²) in [6, 6.07) is 13.3. The molecule has 0 unspecified atom stereocenters. The van der Waals surface area contributed by atoms with E-state index in [1.54, 1.807) is 69.5 Å². The Kier molecular flexibility index (Phi) is 8.63. The highest BCUT2D eigenvalue weighted by molar-refractivity contribution is 7.07. The van der Waals surface area contributed by atoms with Crippen molar-refractivity contribution in [1.29, 1.82) is 0 Å². The van der Waals surface area contributed by atoms with Gasteiger partial charge in [-0.25, -0.2) is 9.79 Å². The van der Waals surface area contributed by atoms with Crippen molar-refractivity contribution in [3.63, 3.8) is 0 Å². The number of rotatable bonds is 8. The molecule has 0 radical (unpaired) electrons. The molecule has 0 N–H and O–H groups in total. The van der Waals surface area contributed by atoms with Crippen LogP contribution in [0.25, 0.3) is 17.4 Å². The number of halogens is 2. The molecule has 3 heterocycles. The van der Waals surface area contributed by atoms with E-state index in [2.05, 4.69) is 4.99 Å². The lowest BCUT2D eigenvalue weighted by atomic mass is 9.95. The molecule has 0 aliphatic carbocycles. The average Bonchev–Trinajstić information content (AvgIpc) is 3.53. The smallest absolute Gasteiger partial charge is 0.338 e. The first-order valence-electron chi connectivity index (χ1n) is 13.2. The van der Waals surface area contributed by atoms with Crippen LogP contribution < -0.4 is 24.4 Å². The second-order valence-corrected chi connectivity index (χ2v) is 11.5. The molecule has 0 amide bonds. The second kappa shape index (κ2) is 12.2. The Balaban J connectivity index is 1.64. The molecule has 1 atom stereocenters. The highest BCUT2D eigenvalue weighted by atomic mass is 35.5. The van der Waals surface area contributed by atoms with Crippen LogP contribution >= 0.6 is 34.5 Å². The summed E-state index contributed by atoms with van der Waals surface area (Å²) in [5, 5.41) is 0.855. The molecule has 0 bridgehead atoms. The summed E-state index contributed by atoms with van der Waals surface area (Å²) >= 11 is 13.4. The summed E-state index contributed by atoms with van der Waals surface area (Å²) < 4.78 is 24.8. The minimum Gasteiger partial charge on any atom is -0.493 e. The van der Waals surface area contributed by atoms with Gasteiger partial charge >= 0.3 is 5.97 Å². The van der Waals surface area contributed by atoms with Gasteiger partial charge in [0.05, 0.1) is 51.7 Å². The van der Waals surface area contributed by atoms with Crippen molar-refractivity contribution < 1.29 is 23.4 Å². The zero-order chi connectivity index (χ0) is 30.1. The van der Waals surface area contributed by atoms with Crippen LogP contribution in [-0.2, 0) is 9.53 Å². The van der Waals surface area contributed by atoms with Gasteiger partial charge in [-0.1, -0.05) is 40.6 Å².